The maximum absolute atomic E-state index is 13.2. The first kappa shape index (κ1) is 30.5. The average Bonchev–Trinajstić information content (AvgIpc) is 3.21. The van der Waals surface area contributed by atoms with Crippen LogP contribution in [0.4, 0.5) is 0 Å². The molecule has 2 aromatic rings. The molecule has 0 spiro atoms. The van der Waals surface area contributed by atoms with E-state index in [0.717, 1.165) is 42.2 Å². The lowest BCUT2D eigenvalue weighted by molar-refractivity contribution is -0.121. The van der Waals surface area contributed by atoms with Crippen LogP contribution in [0, 0.1) is 0 Å². The molecule has 0 N–H and O–H groups in total. The van der Waals surface area contributed by atoms with Gasteiger partial charge in [0.2, 0.25) is 0 Å². The Hall–Kier alpha value is -3.04. The number of methoxy groups -OCH3 is 1. The standard InChI is InChI=1S/C30H38N2O5S2/c1-5-8-9-10-11-12-20-37-27-21-24(15-18-26(27)36-4)22-28-29(33)32(19-6-2)30(38-28)31-39(34,35)25-16-13-23(7-3)14-17-25/h6,13-18,21-22H,2,5,7-12,19-20H2,1,3-4H3. The number of amides is 1. The third-order valence-electron chi connectivity index (χ3n) is 6.27. The predicted octanol–water partition coefficient (Wildman–Crippen LogP) is 6.84. The molecule has 0 atom stereocenters. The van der Waals surface area contributed by atoms with Crippen molar-refractivity contribution in [2.24, 2.45) is 4.40 Å². The molecule has 0 aliphatic carbocycles. The fourth-order valence-electron chi connectivity index (χ4n) is 4.03. The number of carbonyl (C=O) groups excluding carboxylic acids is 1. The molecule has 1 aliphatic rings. The van der Waals surface area contributed by atoms with Crippen LogP contribution in [0.25, 0.3) is 6.08 Å². The van der Waals surface area contributed by atoms with E-state index < -0.39 is 10.0 Å². The number of hydrogen-bond donors (Lipinski definition) is 0. The van der Waals surface area contributed by atoms with E-state index in [1.54, 1.807) is 49.6 Å². The van der Waals surface area contributed by atoms with E-state index >= 15 is 0 Å². The summed E-state index contributed by atoms with van der Waals surface area (Å²) in [5.41, 5.74) is 1.77. The molecule has 1 saturated heterocycles. The first-order valence-corrected chi connectivity index (χ1v) is 15.7. The van der Waals surface area contributed by atoms with E-state index in [4.69, 9.17) is 9.47 Å². The Morgan fingerprint density at radius 2 is 1.72 bits per heavy atom. The lowest BCUT2D eigenvalue weighted by atomic mass is 10.1. The highest BCUT2D eigenvalue weighted by Gasteiger charge is 2.34. The summed E-state index contributed by atoms with van der Waals surface area (Å²) in [6.07, 6.45) is 11.1. The van der Waals surface area contributed by atoms with E-state index in [2.05, 4.69) is 17.9 Å². The Kier molecular flexibility index (Phi) is 11.7. The Bertz CT molecular complexity index is 1300. The molecule has 0 saturated carbocycles. The van der Waals surface area contributed by atoms with E-state index in [0.29, 0.717) is 23.0 Å². The van der Waals surface area contributed by atoms with Crippen LogP contribution in [0.1, 0.15) is 63.5 Å². The number of nitrogens with zero attached hydrogens (tertiary/aromatic N) is 2. The van der Waals surface area contributed by atoms with Crippen molar-refractivity contribution < 1.29 is 22.7 Å². The molecule has 0 bridgehead atoms. The lowest BCUT2D eigenvalue weighted by Crippen LogP contribution is -2.29. The van der Waals surface area contributed by atoms with Crippen LogP contribution >= 0.6 is 11.8 Å². The van der Waals surface area contributed by atoms with Gasteiger partial charge in [-0.2, -0.15) is 8.42 Å². The largest absolute Gasteiger partial charge is 0.493 e. The van der Waals surface area contributed by atoms with Gasteiger partial charge in [0.15, 0.2) is 16.7 Å². The Labute approximate surface area is 237 Å². The molecule has 2 aromatic carbocycles. The monoisotopic (exact) mass is 570 g/mol. The smallest absolute Gasteiger partial charge is 0.284 e. The third-order valence-corrected chi connectivity index (χ3v) is 8.67. The Balaban J connectivity index is 1.80. The van der Waals surface area contributed by atoms with E-state index in [9.17, 15) is 13.2 Å². The second-order valence-electron chi connectivity index (χ2n) is 9.19. The van der Waals surface area contributed by atoms with Crippen LogP contribution in [-0.4, -0.2) is 44.7 Å². The fourth-order valence-corrected chi connectivity index (χ4v) is 6.22. The molecule has 39 heavy (non-hydrogen) atoms. The quantitative estimate of drug-likeness (QED) is 0.132. The van der Waals surface area contributed by atoms with Crippen LogP contribution in [0.15, 0.2) is 69.3 Å². The molecule has 7 nitrogen and oxygen atoms in total. The number of amidine groups is 1. The topological polar surface area (TPSA) is 85.3 Å². The van der Waals surface area contributed by atoms with Crippen molar-refractivity contribution in [3.63, 3.8) is 0 Å². The summed E-state index contributed by atoms with van der Waals surface area (Å²) < 4.78 is 41.5. The second kappa shape index (κ2) is 14.9. The van der Waals surface area contributed by atoms with Crippen molar-refractivity contribution in [2.75, 3.05) is 20.3 Å². The third kappa shape index (κ3) is 8.47. The molecule has 210 valence electrons. The van der Waals surface area contributed by atoms with Crippen molar-refractivity contribution >= 4 is 38.9 Å². The van der Waals surface area contributed by atoms with Crippen LogP contribution in [0.3, 0.4) is 0 Å². The van der Waals surface area contributed by atoms with Crippen LogP contribution in [-0.2, 0) is 21.2 Å². The zero-order chi connectivity index (χ0) is 28.3. The zero-order valence-electron chi connectivity index (χ0n) is 23.0. The number of rotatable bonds is 15. The minimum Gasteiger partial charge on any atom is -0.493 e. The van der Waals surface area contributed by atoms with Gasteiger partial charge in [0, 0.05) is 6.54 Å². The van der Waals surface area contributed by atoms with Crippen molar-refractivity contribution in [3.8, 4) is 11.5 Å². The van der Waals surface area contributed by atoms with E-state index in [1.165, 1.54) is 30.6 Å². The van der Waals surface area contributed by atoms with Crippen molar-refractivity contribution in [1.82, 2.24) is 4.90 Å². The number of thioether (sulfide) groups is 1. The highest BCUT2D eigenvalue weighted by Crippen LogP contribution is 2.35. The molecule has 1 heterocycles. The number of benzene rings is 2. The SMILES string of the molecule is C=CCN1C(=O)C(=Cc2ccc(OC)c(OCCCCCCCC)c2)SC1=NS(=O)(=O)c1ccc(CC)cc1. The number of aryl methyl sites for hydroxylation is 1. The van der Waals surface area contributed by atoms with Crippen LogP contribution < -0.4 is 9.47 Å². The number of unbranched alkanes of at least 4 members (excludes halogenated alkanes) is 5. The zero-order valence-corrected chi connectivity index (χ0v) is 24.7. The maximum Gasteiger partial charge on any atom is 0.284 e. The molecule has 9 heteroatoms. The van der Waals surface area contributed by atoms with Gasteiger partial charge < -0.3 is 9.47 Å². The molecule has 0 unspecified atom stereocenters. The van der Waals surface area contributed by atoms with Crippen molar-refractivity contribution in [1.29, 1.82) is 0 Å². The van der Waals surface area contributed by atoms with E-state index in [1.807, 2.05) is 19.1 Å². The molecular formula is C30H38N2O5S2. The number of carbonyl (C=O) groups is 1. The molecule has 0 aromatic heterocycles. The molecule has 1 aliphatic heterocycles. The molecular weight excluding hydrogens is 532 g/mol. The number of ether oxygens (including phenoxy) is 2. The highest BCUT2D eigenvalue weighted by molar-refractivity contribution is 8.19. The Morgan fingerprint density at radius 3 is 2.38 bits per heavy atom. The van der Waals surface area contributed by atoms with Gasteiger partial charge in [0.25, 0.3) is 15.9 Å². The van der Waals surface area contributed by atoms with Crippen LogP contribution in [0.5, 0.6) is 11.5 Å². The summed E-state index contributed by atoms with van der Waals surface area (Å²) in [5, 5.41) is 0.0961. The first-order valence-electron chi connectivity index (χ1n) is 13.4. The summed E-state index contributed by atoms with van der Waals surface area (Å²) in [6, 6.07) is 12.1. The van der Waals surface area contributed by atoms with E-state index in [-0.39, 0.29) is 22.5 Å². The van der Waals surface area contributed by atoms with Crippen molar-refractivity contribution in [2.45, 2.75) is 63.7 Å². The maximum atomic E-state index is 13.2. The second-order valence-corrected chi connectivity index (χ2v) is 11.8. The molecule has 0 radical (unpaired) electrons. The number of hydrogen-bond acceptors (Lipinski definition) is 6. The van der Waals surface area contributed by atoms with Crippen molar-refractivity contribution in [3.05, 3.63) is 71.2 Å². The summed E-state index contributed by atoms with van der Waals surface area (Å²) in [6.45, 7) is 8.63. The van der Waals surface area contributed by atoms with Gasteiger partial charge in [-0.05, 0) is 66.1 Å². The van der Waals surface area contributed by atoms with Gasteiger partial charge >= 0.3 is 0 Å². The van der Waals surface area contributed by atoms with Gasteiger partial charge in [0.05, 0.1) is 23.5 Å². The fraction of sp³-hybridized carbons (Fsp3) is 0.400. The minimum atomic E-state index is -4.00. The summed E-state index contributed by atoms with van der Waals surface area (Å²) in [7, 11) is -2.41. The highest BCUT2D eigenvalue weighted by atomic mass is 32.2. The minimum absolute atomic E-state index is 0.0820. The summed E-state index contributed by atoms with van der Waals surface area (Å²) >= 11 is 1.03. The summed E-state index contributed by atoms with van der Waals surface area (Å²) in [4.78, 5) is 15.0. The molecule has 1 amide bonds. The Morgan fingerprint density at radius 1 is 1.00 bits per heavy atom. The average molecular weight is 571 g/mol. The predicted molar refractivity (Wildman–Crippen MR) is 160 cm³/mol. The van der Waals surface area contributed by atoms with Gasteiger partial charge in [0.1, 0.15) is 0 Å². The first-order chi connectivity index (χ1) is 18.8. The van der Waals surface area contributed by atoms with Gasteiger partial charge in [-0.25, -0.2) is 0 Å². The van der Waals surface area contributed by atoms with Gasteiger partial charge in [-0.3, -0.25) is 9.69 Å². The molecule has 1 fully saturated rings. The number of sulfonamides is 1. The normalized spacial score (nSPS) is 15.8. The molecule has 3 rings (SSSR count). The van der Waals surface area contributed by atoms with Gasteiger partial charge in [-0.15, -0.1) is 11.0 Å². The lowest BCUT2D eigenvalue weighted by Gasteiger charge is -2.12. The van der Waals surface area contributed by atoms with Crippen LogP contribution in [0.2, 0.25) is 0 Å². The van der Waals surface area contributed by atoms with Gasteiger partial charge in [-0.1, -0.05) is 70.2 Å². The summed E-state index contributed by atoms with van der Waals surface area (Å²) in [5.74, 6) is 0.885.